The average Bonchev–Trinajstić information content (AvgIpc) is 3.14. The molecule has 0 atom stereocenters. The zero-order chi connectivity index (χ0) is 17.9. The second-order valence-electron chi connectivity index (χ2n) is 6.68. The molecule has 6 nitrogen and oxygen atoms in total. The predicted molar refractivity (Wildman–Crippen MR) is 89.2 cm³/mol. The Balaban J connectivity index is 1.41. The lowest BCUT2D eigenvalue weighted by Gasteiger charge is -2.20. The Morgan fingerprint density at radius 3 is 2.56 bits per heavy atom. The zero-order valence-electron chi connectivity index (χ0n) is 14.0. The first-order valence-electron chi connectivity index (χ1n) is 8.65. The van der Waals surface area contributed by atoms with Crippen molar-refractivity contribution in [2.45, 2.75) is 44.1 Å². The predicted octanol–water partition coefficient (Wildman–Crippen LogP) is 1.74. The number of hydrogen-bond donors (Lipinski definition) is 2. The first kappa shape index (κ1) is 17.4. The molecule has 1 saturated carbocycles. The van der Waals surface area contributed by atoms with E-state index in [2.05, 4.69) is 10.6 Å². The Labute approximate surface area is 145 Å². The van der Waals surface area contributed by atoms with E-state index in [1.165, 1.54) is 17.0 Å². The summed E-state index contributed by atoms with van der Waals surface area (Å²) < 4.78 is 12.8. The van der Waals surface area contributed by atoms with Gasteiger partial charge in [0.15, 0.2) is 0 Å². The van der Waals surface area contributed by atoms with E-state index in [0.717, 1.165) is 18.4 Å². The van der Waals surface area contributed by atoms with Crippen molar-refractivity contribution >= 4 is 17.8 Å². The van der Waals surface area contributed by atoms with E-state index in [-0.39, 0.29) is 30.1 Å². The molecule has 3 rings (SSSR count). The molecular weight excluding hydrogens is 325 g/mol. The molecule has 1 spiro atoms. The fraction of sp³-hybridized carbons (Fsp3) is 0.500. The number of carbonyl (C=O) groups excluding carboxylic acids is 3. The van der Waals surface area contributed by atoms with Gasteiger partial charge in [-0.25, -0.2) is 9.18 Å². The molecule has 2 aliphatic rings. The van der Waals surface area contributed by atoms with Crippen molar-refractivity contribution in [2.75, 3.05) is 13.1 Å². The standard InChI is InChI=1S/C18H22FN3O3/c19-14-6-4-13(5-7-14)12-15(23)20-10-3-11-22-16(24)18(21-17(22)25)8-1-2-9-18/h4-7H,1-3,8-12H2,(H,20,23)(H,21,25). The minimum atomic E-state index is -0.678. The van der Waals surface area contributed by atoms with Gasteiger partial charge in [-0.05, 0) is 37.0 Å². The summed E-state index contributed by atoms with van der Waals surface area (Å²) in [5, 5.41) is 5.59. The van der Waals surface area contributed by atoms with Crippen LogP contribution in [0.5, 0.6) is 0 Å². The molecule has 2 fully saturated rings. The summed E-state index contributed by atoms with van der Waals surface area (Å²) in [5.74, 6) is -0.638. The fourth-order valence-corrected chi connectivity index (χ4v) is 3.51. The summed E-state index contributed by atoms with van der Waals surface area (Å²) in [7, 11) is 0. The third-order valence-corrected chi connectivity index (χ3v) is 4.86. The summed E-state index contributed by atoms with van der Waals surface area (Å²) in [4.78, 5) is 37.6. The molecule has 7 heteroatoms. The second-order valence-corrected chi connectivity index (χ2v) is 6.68. The number of nitrogens with zero attached hydrogens (tertiary/aromatic N) is 1. The largest absolute Gasteiger partial charge is 0.356 e. The van der Waals surface area contributed by atoms with E-state index in [9.17, 15) is 18.8 Å². The quantitative estimate of drug-likeness (QED) is 0.608. The highest BCUT2D eigenvalue weighted by Crippen LogP contribution is 2.34. The molecule has 0 unspecified atom stereocenters. The van der Waals surface area contributed by atoms with Gasteiger partial charge in [-0.2, -0.15) is 0 Å². The second kappa shape index (κ2) is 7.21. The topological polar surface area (TPSA) is 78.5 Å². The van der Waals surface area contributed by atoms with E-state index in [4.69, 9.17) is 0 Å². The van der Waals surface area contributed by atoms with Crippen molar-refractivity contribution in [1.82, 2.24) is 15.5 Å². The average molecular weight is 347 g/mol. The van der Waals surface area contributed by atoms with Crippen molar-refractivity contribution in [3.05, 3.63) is 35.6 Å². The van der Waals surface area contributed by atoms with Gasteiger partial charge < -0.3 is 10.6 Å². The van der Waals surface area contributed by atoms with Gasteiger partial charge in [0.25, 0.3) is 5.91 Å². The van der Waals surface area contributed by atoms with Gasteiger partial charge in [-0.3, -0.25) is 14.5 Å². The van der Waals surface area contributed by atoms with Crippen LogP contribution in [-0.4, -0.2) is 41.4 Å². The smallest absolute Gasteiger partial charge is 0.325 e. The highest BCUT2D eigenvalue weighted by molar-refractivity contribution is 6.07. The Morgan fingerprint density at radius 2 is 1.88 bits per heavy atom. The van der Waals surface area contributed by atoms with Crippen LogP contribution in [-0.2, 0) is 16.0 Å². The van der Waals surface area contributed by atoms with Gasteiger partial charge in [0.2, 0.25) is 5.91 Å². The normalized spacial score (nSPS) is 18.7. The van der Waals surface area contributed by atoms with Gasteiger partial charge in [-0.15, -0.1) is 0 Å². The summed E-state index contributed by atoms with van der Waals surface area (Å²) in [5.41, 5.74) is 0.0549. The summed E-state index contributed by atoms with van der Waals surface area (Å²) >= 11 is 0. The molecule has 1 aromatic rings. The number of nitrogens with one attached hydrogen (secondary N) is 2. The van der Waals surface area contributed by atoms with Crippen LogP contribution < -0.4 is 10.6 Å². The van der Waals surface area contributed by atoms with Crippen LogP contribution in [0.3, 0.4) is 0 Å². The Kier molecular flexibility index (Phi) is 5.01. The maximum absolute atomic E-state index is 12.8. The number of halogens is 1. The maximum atomic E-state index is 12.8. The number of amides is 4. The number of urea groups is 1. The van der Waals surface area contributed by atoms with Gasteiger partial charge in [0.1, 0.15) is 11.4 Å². The molecule has 0 aromatic heterocycles. The number of carbonyl (C=O) groups is 3. The first-order chi connectivity index (χ1) is 12.0. The highest BCUT2D eigenvalue weighted by atomic mass is 19.1. The minimum Gasteiger partial charge on any atom is -0.356 e. The van der Waals surface area contributed by atoms with E-state index >= 15 is 0 Å². The summed E-state index contributed by atoms with van der Waals surface area (Å²) in [6.45, 7) is 0.674. The van der Waals surface area contributed by atoms with E-state index in [1.54, 1.807) is 12.1 Å². The van der Waals surface area contributed by atoms with E-state index in [0.29, 0.717) is 32.4 Å². The molecular formula is C18H22FN3O3. The van der Waals surface area contributed by atoms with Crippen LogP contribution >= 0.6 is 0 Å². The van der Waals surface area contributed by atoms with Gasteiger partial charge in [0.05, 0.1) is 6.42 Å². The van der Waals surface area contributed by atoms with Crippen LogP contribution in [0, 0.1) is 5.82 Å². The molecule has 1 aliphatic carbocycles. The molecule has 1 aliphatic heterocycles. The van der Waals surface area contributed by atoms with Crippen LogP contribution in [0.15, 0.2) is 24.3 Å². The van der Waals surface area contributed by atoms with Crippen molar-refractivity contribution in [3.8, 4) is 0 Å². The third-order valence-electron chi connectivity index (χ3n) is 4.86. The molecule has 0 bridgehead atoms. The van der Waals surface area contributed by atoms with Crippen molar-refractivity contribution in [2.24, 2.45) is 0 Å². The Hall–Kier alpha value is -2.44. The van der Waals surface area contributed by atoms with Gasteiger partial charge >= 0.3 is 6.03 Å². The lowest BCUT2D eigenvalue weighted by molar-refractivity contribution is -0.131. The maximum Gasteiger partial charge on any atom is 0.325 e. The van der Waals surface area contributed by atoms with Gasteiger partial charge in [0, 0.05) is 13.1 Å². The van der Waals surface area contributed by atoms with Crippen molar-refractivity contribution < 1.29 is 18.8 Å². The van der Waals surface area contributed by atoms with Crippen LogP contribution in [0.2, 0.25) is 0 Å². The lowest BCUT2D eigenvalue weighted by Crippen LogP contribution is -2.44. The zero-order valence-corrected chi connectivity index (χ0v) is 14.0. The number of benzene rings is 1. The summed E-state index contributed by atoms with van der Waals surface area (Å²) in [6, 6.07) is 5.45. The fourth-order valence-electron chi connectivity index (χ4n) is 3.51. The molecule has 134 valence electrons. The summed E-state index contributed by atoms with van der Waals surface area (Å²) in [6.07, 6.45) is 4.01. The molecule has 1 heterocycles. The SMILES string of the molecule is O=C(Cc1ccc(F)cc1)NCCCN1C(=O)NC2(CCCC2)C1=O. The van der Waals surface area contributed by atoms with Crippen molar-refractivity contribution in [1.29, 1.82) is 0 Å². The first-order valence-corrected chi connectivity index (χ1v) is 8.65. The van der Waals surface area contributed by atoms with Crippen molar-refractivity contribution in [3.63, 3.8) is 0 Å². The number of rotatable bonds is 6. The monoisotopic (exact) mass is 347 g/mol. The van der Waals surface area contributed by atoms with Crippen LogP contribution in [0.1, 0.15) is 37.7 Å². The molecule has 0 radical (unpaired) electrons. The molecule has 1 saturated heterocycles. The lowest BCUT2D eigenvalue weighted by atomic mass is 9.98. The third kappa shape index (κ3) is 3.81. The molecule has 4 amide bonds. The van der Waals surface area contributed by atoms with Crippen LogP contribution in [0.25, 0.3) is 0 Å². The molecule has 25 heavy (non-hydrogen) atoms. The molecule has 1 aromatic carbocycles. The number of imide groups is 1. The highest BCUT2D eigenvalue weighted by Gasteiger charge is 2.51. The van der Waals surface area contributed by atoms with E-state index in [1.807, 2.05) is 0 Å². The minimum absolute atomic E-state index is 0.132. The van der Waals surface area contributed by atoms with Crippen LogP contribution in [0.4, 0.5) is 9.18 Å². The Morgan fingerprint density at radius 1 is 1.20 bits per heavy atom. The molecule has 2 N–H and O–H groups in total. The number of hydrogen-bond acceptors (Lipinski definition) is 3. The van der Waals surface area contributed by atoms with Gasteiger partial charge in [-0.1, -0.05) is 25.0 Å². The van der Waals surface area contributed by atoms with E-state index < -0.39 is 5.54 Å². The Bertz CT molecular complexity index is 669.